The summed E-state index contributed by atoms with van der Waals surface area (Å²) in [5, 5.41) is 3.66. The summed E-state index contributed by atoms with van der Waals surface area (Å²) >= 11 is 1.53. The van der Waals surface area contributed by atoms with Gasteiger partial charge in [-0.1, -0.05) is 29.5 Å². The first-order valence-corrected chi connectivity index (χ1v) is 11.2. The summed E-state index contributed by atoms with van der Waals surface area (Å²) in [5.74, 6) is 0.638. The van der Waals surface area contributed by atoms with Gasteiger partial charge < -0.3 is 9.88 Å². The van der Waals surface area contributed by atoms with Crippen LogP contribution in [-0.2, 0) is 11.3 Å². The molecule has 0 aliphatic carbocycles. The zero-order valence-electron chi connectivity index (χ0n) is 17.0. The van der Waals surface area contributed by atoms with E-state index in [-0.39, 0.29) is 5.91 Å². The predicted octanol–water partition coefficient (Wildman–Crippen LogP) is 4.31. The Morgan fingerprint density at radius 2 is 2.00 bits per heavy atom. The summed E-state index contributed by atoms with van der Waals surface area (Å²) in [5.41, 5.74) is 4.39. The quantitative estimate of drug-likeness (QED) is 0.524. The Kier molecular flexibility index (Phi) is 5.23. The SMILES string of the molecule is Cc1ccc2nc(NC(=O)CN3CCC(Cn4cnc5ccccc54)CC3)sc2c1. The van der Waals surface area contributed by atoms with E-state index in [9.17, 15) is 4.79 Å². The smallest absolute Gasteiger partial charge is 0.240 e. The number of amides is 1. The zero-order chi connectivity index (χ0) is 20.5. The highest BCUT2D eigenvalue weighted by Gasteiger charge is 2.22. The summed E-state index contributed by atoms with van der Waals surface area (Å²) in [6.45, 7) is 5.38. The highest BCUT2D eigenvalue weighted by molar-refractivity contribution is 7.22. The largest absolute Gasteiger partial charge is 0.330 e. The van der Waals surface area contributed by atoms with Crippen LogP contribution in [0.25, 0.3) is 21.3 Å². The van der Waals surface area contributed by atoms with Gasteiger partial charge in [-0.2, -0.15) is 0 Å². The molecule has 0 radical (unpaired) electrons. The number of likely N-dealkylation sites (tertiary alicyclic amines) is 1. The Morgan fingerprint density at radius 3 is 2.87 bits per heavy atom. The van der Waals surface area contributed by atoms with E-state index in [1.807, 2.05) is 24.5 Å². The fourth-order valence-electron chi connectivity index (χ4n) is 4.21. The number of nitrogens with zero attached hydrogens (tertiary/aromatic N) is 4. The van der Waals surface area contributed by atoms with E-state index in [0.717, 1.165) is 48.2 Å². The van der Waals surface area contributed by atoms with Crippen molar-refractivity contribution < 1.29 is 4.79 Å². The molecule has 1 saturated heterocycles. The molecule has 0 spiro atoms. The van der Waals surface area contributed by atoms with E-state index in [0.29, 0.717) is 17.6 Å². The van der Waals surface area contributed by atoms with Crippen molar-refractivity contribution in [2.75, 3.05) is 25.0 Å². The second kappa shape index (κ2) is 8.16. The molecule has 3 heterocycles. The van der Waals surface area contributed by atoms with E-state index in [4.69, 9.17) is 0 Å². The first-order chi connectivity index (χ1) is 14.6. The van der Waals surface area contributed by atoms with Crippen molar-refractivity contribution in [1.29, 1.82) is 0 Å². The molecule has 5 rings (SSSR count). The number of carbonyl (C=O) groups excluding carboxylic acids is 1. The van der Waals surface area contributed by atoms with Crippen LogP contribution in [0.1, 0.15) is 18.4 Å². The highest BCUT2D eigenvalue weighted by atomic mass is 32.1. The second-order valence-corrected chi connectivity index (χ2v) is 9.17. The van der Waals surface area contributed by atoms with Crippen molar-refractivity contribution >= 4 is 43.6 Å². The summed E-state index contributed by atoms with van der Waals surface area (Å²) < 4.78 is 3.37. The van der Waals surface area contributed by atoms with E-state index in [1.165, 1.54) is 22.4 Å². The molecule has 1 fully saturated rings. The molecule has 4 aromatic rings. The maximum atomic E-state index is 12.5. The minimum Gasteiger partial charge on any atom is -0.330 e. The number of hydrogen-bond donors (Lipinski definition) is 1. The number of anilines is 1. The molecular formula is C23H25N5OS. The number of hydrogen-bond acceptors (Lipinski definition) is 5. The lowest BCUT2D eigenvalue weighted by Gasteiger charge is -2.31. The monoisotopic (exact) mass is 419 g/mol. The summed E-state index contributed by atoms with van der Waals surface area (Å²) in [6.07, 6.45) is 4.14. The Morgan fingerprint density at radius 1 is 1.17 bits per heavy atom. The Balaban J connectivity index is 1.13. The van der Waals surface area contributed by atoms with Crippen LogP contribution < -0.4 is 5.32 Å². The number of aryl methyl sites for hydroxylation is 1. The van der Waals surface area contributed by atoms with Crippen LogP contribution in [0.2, 0.25) is 0 Å². The van der Waals surface area contributed by atoms with Gasteiger partial charge in [-0.15, -0.1) is 0 Å². The lowest BCUT2D eigenvalue weighted by Crippen LogP contribution is -2.39. The molecule has 1 N–H and O–H groups in total. The van der Waals surface area contributed by atoms with Crippen LogP contribution in [0.15, 0.2) is 48.8 Å². The van der Waals surface area contributed by atoms with Crippen molar-refractivity contribution in [3.8, 4) is 0 Å². The predicted molar refractivity (Wildman–Crippen MR) is 122 cm³/mol. The number of thiazole rings is 1. The average Bonchev–Trinajstić information content (AvgIpc) is 3.32. The molecule has 1 aliphatic rings. The lowest BCUT2D eigenvalue weighted by atomic mass is 9.96. The molecule has 0 atom stereocenters. The number of para-hydroxylation sites is 2. The van der Waals surface area contributed by atoms with Gasteiger partial charge >= 0.3 is 0 Å². The van der Waals surface area contributed by atoms with E-state index < -0.39 is 0 Å². The number of fused-ring (bicyclic) bond motifs is 2. The molecule has 154 valence electrons. The van der Waals surface area contributed by atoms with Gasteiger partial charge in [0.15, 0.2) is 5.13 Å². The van der Waals surface area contributed by atoms with Crippen LogP contribution in [-0.4, -0.2) is 45.0 Å². The van der Waals surface area contributed by atoms with Gasteiger partial charge in [0.25, 0.3) is 0 Å². The number of benzene rings is 2. The van der Waals surface area contributed by atoms with Gasteiger partial charge in [-0.3, -0.25) is 9.69 Å². The number of rotatable bonds is 5. The maximum absolute atomic E-state index is 12.5. The number of carbonyl (C=O) groups is 1. The second-order valence-electron chi connectivity index (χ2n) is 8.14. The average molecular weight is 420 g/mol. The lowest BCUT2D eigenvalue weighted by molar-refractivity contribution is -0.117. The van der Waals surface area contributed by atoms with Crippen molar-refractivity contribution in [2.45, 2.75) is 26.3 Å². The van der Waals surface area contributed by atoms with Crippen molar-refractivity contribution in [2.24, 2.45) is 5.92 Å². The van der Waals surface area contributed by atoms with Crippen LogP contribution in [0.5, 0.6) is 0 Å². The third kappa shape index (κ3) is 4.08. The number of piperidine rings is 1. The van der Waals surface area contributed by atoms with E-state index in [1.54, 1.807) is 0 Å². The minimum absolute atomic E-state index is 0.0184. The van der Waals surface area contributed by atoms with Gasteiger partial charge in [-0.05, 0) is 68.6 Å². The van der Waals surface area contributed by atoms with Crippen LogP contribution in [0, 0.1) is 12.8 Å². The number of imidazole rings is 1. The fourth-order valence-corrected chi connectivity index (χ4v) is 5.19. The fraction of sp³-hybridized carbons (Fsp3) is 0.348. The first kappa shape index (κ1) is 19.2. The van der Waals surface area contributed by atoms with E-state index >= 15 is 0 Å². The molecule has 0 bridgehead atoms. The maximum Gasteiger partial charge on any atom is 0.240 e. The molecular weight excluding hydrogens is 394 g/mol. The zero-order valence-corrected chi connectivity index (χ0v) is 17.9. The summed E-state index contributed by atoms with van der Waals surface area (Å²) in [7, 11) is 0. The molecule has 30 heavy (non-hydrogen) atoms. The summed E-state index contributed by atoms with van der Waals surface area (Å²) in [6, 6.07) is 14.4. The first-order valence-electron chi connectivity index (χ1n) is 10.4. The molecule has 0 saturated carbocycles. The third-order valence-corrected chi connectivity index (χ3v) is 6.78. The van der Waals surface area contributed by atoms with Crippen LogP contribution in [0.4, 0.5) is 5.13 Å². The van der Waals surface area contributed by atoms with Crippen molar-refractivity contribution in [1.82, 2.24) is 19.4 Å². The van der Waals surface area contributed by atoms with Gasteiger partial charge in [0.2, 0.25) is 5.91 Å². The van der Waals surface area contributed by atoms with Crippen LogP contribution in [0.3, 0.4) is 0 Å². The molecule has 2 aromatic carbocycles. The van der Waals surface area contributed by atoms with Gasteiger partial charge in [0, 0.05) is 6.54 Å². The Hall–Kier alpha value is -2.77. The van der Waals surface area contributed by atoms with Crippen LogP contribution >= 0.6 is 11.3 Å². The normalized spacial score (nSPS) is 15.8. The molecule has 2 aromatic heterocycles. The Bertz CT molecular complexity index is 1190. The third-order valence-electron chi connectivity index (χ3n) is 5.85. The Labute approximate surface area is 179 Å². The minimum atomic E-state index is 0.0184. The standard InChI is InChI=1S/C23H25N5OS/c1-16-6-7-19-21(12-16)30-23(25-19)26-22(29)14-27-10-8-17(9-11-27)13-28-15-24-18-4-2-3-5-20(18)28/h2-7,12,15,17H,8-11,13-14H2,1H3,(H,25,26,29). The highest BCUT2D eigenvalue weighted by Crippen LogP contribution is 2.27. The number of nitrogens with one attached hydrogen (secondary N) is 1. The molecule has 1 aliphatic heterocycles. The van der Waals surface area contributed by atoms with Crippen molar-refractivity contribution in [3.63, 3.8) is 0 Å². The van der Waals surface area contributed by atoms with Gasteiger partial charge in [0.05, 0.1) is 34.1 Å². The molecule has 0 unspecified atom stereocenters. The number of aromatic nitrogens is 3. The topological polar surface area (TPSA) is 63.1 Å². The van der Waals surface area contributed by atoms with Crippen molar-refractivity contribution in [3.05, 3.63) is 54.4 Å². The van der Waals surface area contributed by atoms with Gasteiger partial charge in [-0.25, -0.2) is 9.97 Å². The van der Waals surface area contributed by atoms with E-state index in [2.05, 4.69) is 55.9 Å². The molecule has 7 heteroatoms. The summed E-state index contributed by atoms with van der Waals surface area (Å²) in [4.78, 5) is 23.8. The van der Waals surface area contributed by atoms with Gasteiger partial charge in [0.1, 0.15) is 0 Å². The molecule has 6 nitrogen and oxygen atoms in total. The molecule has 1 amide bonds.